The van der Waals surface area contributed by atoms with Crippen molar-refractivity contribution >= 4 is 22.4 Å². The summed E-state index contributed by atoms with van der Waals surface area (Å²) in [5.74, 6) is -0.129. The molecule has 0 saturated carbocycles. The summed E-state index contributed by atoms with van der Waals surface area (Å²) in [5.41, 5.74) is 2.17. The van der Waals surface area contributed by atoms with Gasteiger partial charge in [0.2, 0.25) is 5.91 Å². The quantitative estimate of drug-likeness (QED) is 0.756. The Bertz CT molecular complexity index is 974. The minimum absolute atomic E-state index is 0.129. The maximum atomic E-state index is 12.6. The highest BCUT2D eigenvalue weighted by atomic mass is 16.2. The predicted octanol–water partition coefficient (Wildman–Crippen LogP) is 4.17. The summed E-state index contributed by atoms with van der Waals surface area (Å²) in [5, 5.41) is 14.4. The van der Waals surface area contributed by atoms with Crippen LogP contribution >= 0.6 is 0 Å². The molecule has 3 aromatic carbocycles. The van der Waals surface area contributed by atoms with E-state index in [1.807, 2.05) is 31.0 Å². The first-order chi connectivity index (χ1) is 12.6. The lowest BCUT2D eigenvalue weighted by molar-refractivity contribution is -0.120. The molecule has 1 N–H and O–H groups in total. The molecule has 130 valence electrons. The number of benzene rings is 3. The van der Waals surface area contributed by atoms with Crippen molar-refractivity contribution in [3.05, 3.63) is 77.9 Å². The third-order valence-electron chi connectivity index (χ3n) is 4.59. The summed E-state index contributed by atoms with van der Waals surface area (Å²) in [6.07, 6.45) is 0. The Hall–Kier alpha value is -3.16. The van der Waals surface area contributed by atoms with Gasteiger partial charge < -0.3 is 5.32 Å². The Morgan fingerprint density at radius 2 is 1.77 bits per heavy atom. The Morgan fingerprint density at radius 1 is 1.08 bits per heavy atom. The third kappa shape index (κ3) is 3.90. The zero-order valence-corrected chi connectivity index (χ0v) is 14.9. The van der Waals surface area contributed by atoms with E-state index >= 15 is 0 Å². The van der Waals surface area contributed by atoms with Crippen LogP contribution in [0.2, 0.25) is 0 Å². The van der Waals surface area contributed by atoms with Crippen molar-refractivity contribution < 1.29 is 4.79 Å². The van der Waals surface area contributed by atoms with Gasteiger partial charge in [-0.25, -0.2) is 0 Å². The Labute approximate surface area is 153 Å². The molecule has 1 amide bonds. The third-order valence-corrected chi connectivity index (χ3v) is 4.59. The van der Waals surface area contributed by atoms with E-state index < -0.39 is 0 Å². The lowest BCUT2D eigenvalue weighted by Gasteiger charge is -2.24. The van der Waals surface area contributed by atoms with Gasteiger partial charge in [-0.15, -0.1) is 0 Å². The molecule has 0 spiro atoms. The molecule has 0 radical (unpaired) electrons. The normalized spacial score (nSPS) is 11.9. The van der Waals surface area contributed by atoms with E-state index in [0.29, 0.717) is 17.8 Å². The molecule has 0 saturated heterocycles. The van der Waals surface area contributed by atoms with Gasteiger partial charge in [0.25, 0.3) is 0 Å². The van der Waals surface area contributed by atoms with Crippen molar-refractivity contribution in [3.8, 4) is 6.07 Å². The molecule has 0 fully saturated rings. The van der Waals surface area contributed by atoms with Gasteiger partial charge in [-0.05, 0) is 48.5 Å². The summed E-state index contributed by atoms with van der Waals surface area (Å²) in [6.45, 7) is 2.53. The lowest BCUT2D eigenvalue weighted by Crippen LogP contribution is -2.39. The number of nitrogens with one attached hydrogen (secondary N) is 1. The fourth-order valence-electron chi connectivity index (χ4n) is 2.89. The zero-order chi connectivity index (χ0) is 18.5. The summed E-state index contributed by atoms with van der Waals surface area (Å²) in [6, 6.07) is 23.4. The first-order valence-corrected chi connectivity index (χ1v) is 8.56. The van der Waals surface area contributed by atoms with Crippen molar-refractivity contribution in [2.45, 2.75) is 19.5 Å². The second kappa shape index (κ2) is 7.81. The average molecular weight is 343 g/mol. The number of carbonyl (C=O) groups excluding carboxylic acids is 1. The molecular weight excluding hydrogens is 322 g/mol. The first kappa shape index (κ1) is 17.7. The van der Waals surface area contributed by atoms with E-state index in [-0.39, 0.29) is 11.9 Å². The van der Waals surface area contributed by atoms with Crippen molar-refractivity contribution in [1.29, 1.82) is 5.26 Å². The number of nitriles is 1. The van der Waals surface area contributed by atoms with Crippen LogP contribution in [0, 0.1) is 11.3 Å². The first-order valence-electron chi connectivity index (χ1n) is 8.56. The predicted molar refractivity (Wildman–Crippen MR) is 105 cm³/mol. The van der Waals surface area contributed by atoms with Crippen LogP contribution in [0.5, 0.6) is 0 Å². The number of para-hydroxylation sites is 1. The molecule has 0 aliphatic heterocycles. The average Bonchev–Trinajstić information content (AvgIpc) is 2.67. The molecule has 0 aromatic heterocycles. The van der Waals surface area contributed by atoms with Gasteiger partial charge in [-0.3, -0.25) is 9.69 Å². The highest BCUT2D eigenvalue weighted by molar-refractivity contribution is 5.95. The highest BCUT2D eigenvalue weighted by Gasteiger charge is 2.19. The van der Waals surface area contributed by atoms with Gasteiger partial charge in [0, 0.05) is 6.54 Å². The fraction of sp³-hybridized carbons (Fsp3) is 0.182. The number of anilines is 1. The molecule has 26 heavy (non-hydrogen) atoms. The van der Waals surface area contributed by atoms with E-state index in [1.165, 1.54) is 10.8 Å². The number of hydrogen-bond donors (Lipinski definition) is 1. The number of fused-ring (bicyclic) bond motifs is 1. The Balaban J connectivity index is 1.69. The molecular formula is C22H21N3O. The molecule has 0 aliphatic rings. The lowest BCUT2D eigenvalue weighted by atomic mass is 10.1. The van der Waals surface area contributed by atoms with Gasteiger partial charge in [0.15, 0.2) is 0 Å². The van der Waals surface area contributed by atoms with Gasteiger partial charge in [-0.1, -0.05) is 48.5 Å². The zero-order valence-electron chi connectivity index (χ0n) is 14.9. The van der Waals surface area contributed by atoms with E-state index in [0.717, 1.165) is 5.56 Å². The second-order valence-corrected chi connectivity index (χ2v) is 6.42. The van der Waals surface area contributed by atoms with Gasteiger partial charge >= 0.3 is 0 Å². The number of likely N-dealkylation sites (N-methyl/N-ethyl adjacent to an activating group) is 1. The summed E-state index contributed by atoms with van der Waals surface area (Å²) in [4.78, 5) is 14.6. The van der Waals surface area contributed by atoms with Gasteiger partial charge in [0.1, 0.15) is 6.07 Å². The van der Waals surface area contributed by atoms with E-state index in [1.54, 1.807) is 24.3 Å². The van der Waals surface area contributed by atoms with Crippen molar-refractivity contribution in [3.63, 3.8) is 0 Å². The summed E-state index contributed by atoms with van der Waals surface area (Å²) < 4.78 is 0. The van der Waals surface area contributed by atoms with Crippen LogP contribution in [0.1, 0.15) is 18.1 Å². The molecule has 3 aromatic rings. The topological polar surface area (TPSA) is 56.1 Å². The van der Waals surface area contributed by atoms with E-state index in [2.05, 4.69) is 41.7 Å². The molecule has 0 unspecified atom stereocenters. The SMILES string of the molecule is C[C@@H](C(=O)Nc1ccccc1C#N)N(C)Cc1ccc2ccccc2c1. The monoisotopic (exact) mass is 343 g/mol. The molecule has 0 heterocycles. The smallest absolute Gasteiger partial charge is 0.241 e. The summed E-state index contributed by atoms with van der Waals surface area (Å²) >= 11 is 0. The number of rotatable bonds is 5. The van der Waals surface area contributed by atoms with Crippen LogP contribution in [0.4, 0.5) is 5.69 Å². The number of amides is 1. The second-order valence-electron chi connectivity index (χ2n) is 6.42. The Kier molecular flexibility index (Phi) is 5.31. The van der Waals surface area contributed by atoms with Gasteiger partial charge in [-0.2, -0.15) is 5.26 Å². The number of hydrogen-bond acceptors (Lipinski definition) is 3. The van der Waals surface area contributed by atoms with Crippen LogP contribution in [0.3, 0.4) is 0 Å². The van der Waals surface area contributed by atoms with Crippen LogP contribution in [0.25, 0.3) is 10.8 Å². The molecule has 4 nitrogen and oxygen atoms in total. The fourth-order valence-corrected chi connectivity index (χ4v) is 2.89. The molecule has 1 atom stereocenters. The minimum atomic E-state index is -0.326. The Morgan fingerprint density at radius 3 is 2.54 bits per heavy atom. The molecule has 3 rings (SSSR count). The maximum Gasteiger partial charge on any atom is 0.241 e. The number of carbonyl (C=O) groups is 1. The minimum Gasteiger partial charge on any atom is -0.324 e. The van der Waals surface area contributed by atoms with Crippen molar-refractivity contribution in [1.82, 2.24) is 4.90 Å². The molecule has 0 aliphatic carbocycles. The van der Waals surface area contributed by atoms with Crippen molar-refractivity contribution in [2.24, 2.45) is 0 Å². The maximum absolute atomic E-state index is 12.6. The molecule has 0 bridgehead atoms. The summed E-state index contributed by atoms with van der Waals surface area (Å²) in [7, 11) is 1.93. The van der Waals surface area contributed by atoms with Crippen LogP contribution in [0.15, 0.2) is 66.7 Å². The van der Waals surface area contributed by atoms with Crippen molar-refractivity contribution in [2.75, 3.05) is 12.4 Å². The highest BCUT2D eigenvalue weighted by Crippen LogP contribution is 2.18. The number of nitrogens with zero attached hydrogens (tertiary/aromatic N) is 2. The van der Waals surface area contributed by atoms with Crippen LogP contribution in [-0.2, 0) is 11.3 Å². The van der Waals surface area contributed by atoms with E-state index in [9.17, 15) is 4.79 Å². The molecule has 4 heteroatoms. The standard InChI is InChI=1S/C22H21N3O/c1-16(22(26)24-21-10-6-5-9-20(21)14-23)25(2)15-17-11-12-18-7-3-4-8-19(18)13-17/h3-13,16H,15H2,1-2H3,(H,24,26)/t16-/m0/s1. The van der Waals surface area contributed by atoms with Gasteiger partial charge in [0.05, 0.1) is 17.3 Å². The van der Waals surface area contributed by atoms with Crippen LogP contribution in [-0.4, -0.2) is 23.9 Å². The van der Waals surface area contributed by atoms with E-state index in [4.69, 9.17) is 5.26 Å². The van der Waals surface area contributed by atoms with Crippen LogP contribution < -0.4 is 5.32 Å². The largest absolute Gasteiger partial charge is 0.324 e.